The van der Waals surface area contributed by atoms with Crippen LogP contribution in [-0.4, -0.2) is 36.9 Å². The molecular weight excluding hydrogens is 294 g/mol. The van der Waals surface area contributed by atoms with Gasteiger partial charge in [-0.1, -0.05) is 26.0 Å². The fourth-order valence-corrected chi connectivity index (χ4v) is 1.67. The predicted molar refractivity (Wildman–Crippen MR) is 78.8 cm³/mol. The van der Waals surface area contributed by atoms with Gasteiger partial charge in [-0.05, 0) is 24.5 Å². The number of carbonyl (C=O) groups is 2. The van der Waals surface area contributed by atoms with Gasteiger partial charge in [-0.25, -0.2) is 0 Å². The third kappa shape index (κ3) is 5.67. The molecular formula is C15H20F2N2O3. The van der Waals surface area contributed by atoms with E-state index in [1.807, 2.05) is 13.8 Å². The molecule has 0 aliphatic rings. The van der Waals surface area contributed by atoms with E-state index >= 15 is 0 Å². The van der Waals surface area contributed by atoms with E-state index in [-0.39, 0.29) is 11.4 Å². The average Bonchev–Trinajstić information content (AvgIpc) is 2.45. The van der Waals surface area contributed by atoms with Crippen molar-refractivity contribution >= 4 is 17.5 Å². The first-order valence-corrected chi connectivity index (χ1v) is 6.91. The Labute approximate surface area is 128 Å². The molecule has 0 saturated heterocycles. The number of anilines is 1. The zero-order chi connectivity index (χ0) is 16.7. The van der Waals surface area contributed by atoms with Crippen LogP contribution in [-0.2, 0) is 9.59 Å². The van der Waals surface area contributed by atoms with Gasteiger partial charge in [0.1, 0.15) is 5.75 Å². The number of para-hydroxylation sites is 2. The Morgan fingerprint density at radius 1 is 1.27 bits per heavy atom. The summed E-state index contributed by atoms with van der Waals surface area (Å²) in [4.78, 5) is 25.1. The third-order valence-electron chi connectivity index (χ3n) is 2.93. The molecule has 0 aromatic heterocycles. The van der Waals surface area contributed by atoms with Gasteiger partial charge in [-0.2, -0.15) is 8.78 Å². The lowest BCUT2D eigenvalue weighted by Gasteiger charge is -2.18. The first-order valence-electron chi connectivity index (χ1n) is 6.91. The summed E-state index contributed by atoms with van der Waals surface area (Å²) in [5, 5.41) is 2.30. The second kappa shape index (κ2) is 8.31. The molecule has 0 bridgehead atoms. The van der Waals surface area contributed by atoms with Crippen molar-refractivity contribution in [2.75, 3.05) is 18.9 Å². The van der Waals surface area contributed by atoms with E-state index in [4.69, 9.17) is 0 Å². The molecule has 0 heterocycles. The summed E-state index contributed by atoms with van der Waals surface area (Å²) in [5.74, 6) is -1.41. The number of carbonyl (C=O) groups excluding carboxylic acids is 2. The van der Waals surface area contributed by atoms with Gasteiger partial charge in [-0.15, -0.1) is 0 Å². The first kappa shape index (κ1) is 17.9. The summed E-state index contributed by atoms with van der Waals surface area (Å²) in [7, 11) is 1.52. The number of hydrogen-bond acceptors (Lipinski definition) is 3. The van der Waals surface area contributed by atoms with Gasteiger partial charge in [0.05, 0.1) is 5.69 Å². The fraction of sp³-hybridized carbons (Fsp3) is 0.467. The summed E-state index contributed by atoms with van der Waals surface area (Å²) in [6.45, 7) is 1.45. The van der Waals surface area contributed by atoms with Gasteiger partial charge in [0.25, 0.3) is 0 Å². The molecule has 122 valence electrons. The van der Waals surface area contributed by atoms with E-state index in [2.05, 4.69) is 10.1 Å². The standard InChI is InChI=1S/C15H20F2N2O3/c1-10(2)8-9-19(3)14(21)13(20)18-11-6-4-5-7-12(11)22-15(16)17/h4-7,10,15H,8-9H2,1-3H3,(H,18,20). The summed E-state index contributed by atoms with van der Waals surface area (Å²) in [5.41, 5.74) is 0.0263. The van der Waals surface area contributed by atoms with Crippen LogP contribution in [0, 0.1) is 5.92 Å². The van der Waals surface area contributed by atoms with E-state index < -0.39 is 18.4 Å². The van der Waals surface area contributed by atoms with Gasteiger partial charge < -0.3 is 15.0 Å². The highest BCUT2D eigenvalue weighted by atomic mass is 19.3. The number of halogens is 2. The largest absolute Gasteiger partial charge is 0.433 e. The maximum Gasteiger partial charge on any atom is 0.387 e. The number of amides is 2. The number of nitrogens with zero attached hydrogens (tertiary/aromatic N) is 1. The van der Waals surface area contributed by atoms with Crippen molar-refractivity contribution in [2.45, 2.75) is 26.9 Å². The molecule has 2 amide bonds. The number of alkyl halides is 2. The van der Waals surface area contributed by atoms with Crippen molar-refractivity contribution in [3.63, 3.8) is 0 Å². The molecule has 0 unspecified atom stereocenters. The van der Waals surface area contributed by atoms with Crippen molar-refractivity contribution in [2.24, 2.45) is 5.92 Å². The third-order valence-corrected chi connectivity index (χ3v) is 2.93. The Kier molecular flexibility index (Phi) is 6.75. The quantitative estimate of drug-likeness (QED) is 0.821. The van der Waals surface area contributed by atoms with E-state index in [1.54, 1.807) is 6.07 Å². The zero-order valence-electron chi connectivity index (χ0n) is 12.8. The maximum atomic E-state index is 12.3. The Hall–Kier alpha value is -2.18. The van der Waals surface area contributed by atoms with E-state index in [9.17, 15) is 18.4 Å². The molecule has 0 radical (unpaired) electrons. The van der Waals surface area contributed by atoms with Crippen LogP contribution in [0.15, 0.2) is 24.3 Å². The Morgan fingerprint density at radius 3 is 2.50 bits per heavy atom. The molecule has 7 heteroatoms. The Bertz CT molecular complexity index is 521. The topological polar surface area (TPSA) is 58.6 Å². The molecule has 22 heavy (non-hydrogen) atoms. The lowest BCUT2D eigenvalue weighted by atomic mass is 10.1. The van der Waals surface area contributed by atoms with Gasteiger partial charge in [-0.3, -0.25) is 9.59 Å². The number of rotatable bonds is 6. The van der Waals surface area contributed by atoms with Crippen LogP contribution >= 0.6 is 0 Å². The van der Waals surface area contributed by atoms with Crippen LogP contribution < -0.4 is 10.1 Å². The highest BCUT2D eigenvalue weighted by Crippen LogP contribution is 2.25. The molecule has 1 aromatic rings. The number of hydrogen-bond donors (Lipinski definition) is 1. The van der Waals surface area contributed by atoms with Crippen LogP contribution in [0.1, 0.15) is 20.3 Å². The minimum Gasteiger partial charge on any atom is -0.433 e. The van der Waals surface area contributed by atoms with Crippen molar-refractivity contribution in [1.29, 1.82) is 0 Å². The Balaban J connectivity index is 2.70. The molecule has 0 fully saturated rings. The summed E-state index contributed by atoms with van der Waals surface area (Å²) in [6, 6.07) is 5.70. The highest BCUT2D eigenvalue weighted by Gasteiger charge is 2.20. The van der Waals surface area contributed by atoms with Crippen molar-refractivity contribution < 1.29 is 23.1 Å². The first-order chi connectivity index (χ1) is 10.3. The van der Waals surface area contributed by atoms with Crippen LogP contribution in [0.3, 0.4) is 0 Å². The minimum absolute atomic E-state index is 0.0263. The predicted octanol–water partition coefficient (Wildman–Crippen LogP) is 2.73. The van der Waals surface area contributed by atoms with Gasteiger partial charge >= 0.3 is 18.4 Å². The molecule has 0 aliphatic carbocycles. The molecule has 0 atom stereocenters. The lowest BCUT2D eigenvalue weighted by Crippen LogP contribution is -2.38. The van der Waals surface area contributed by atoms with E-state index in [0.717, 1.165) is 6.42 Å². The SMILES string of the molecule is CC(C)CCN(C)C(=O)C(=O)Nc1ccccc1OC(F)F. The van der Waals surface area contributed by atoms with Crippen LogP contribution in [0.5, 0.6) is 5.75 Å². The molecule has 1 N–H and O–H groups in total. The fourth-order valence-electron chi connectivity index (χ4n) is 1.67. The Morgan fingerprint density at radius 2 is 1.91 bits per heavy atom. The normalized spacial score (nSPS) is 10.7. The molecule has 0 spiro atoms. The zero-order valence-corrected chi connectivity index (χ0v) is 12.8. The minimum atomic E-state index is -3.01. The summed E-state index contributed by atoms with van der Waals surface area (Å²) >= 11 is 0. The molecule has 0 saturated carbocycles. The lowest BCUT2D eigenvalue weighted by molar-refractivity contribution is -0.142. The van der Waals surface area contributed by atoms with Crippen LogP contribution in [0.4, 0.5) is 14.5 Å². The second-order valence-electron chi connectivity index (χ2n) is 5.24. The monoisotopic (exact) mass is 314 g/mol. The molecule has 0 aliphatic heterocycles. The number of ether oxygens (including phenoxy) is 1. The molecule has 1 aromatic carbocycles. The van der Waals surface area contributed by atoms with Crippen LogP contribution in [0.25, 0.3) is 0 Å². The number of nitrogens with one attached hydrogen (secondary N) is 1. The van der Waals surface area contributed by atoms with Crippen molar-refractivity contribution in [3.05, 3.63) is 24.3 Å². The highest BCUT2D eigenvalue weighted by molar-refractivity contribution is 6.39. The average molecular weight is 314 g/mol. The second-order valence-corrected chi connectivity index (χ2v) is 5.24. The number of likely N-dealkylation sites (N-methyl/N-ethyl adjacent to an activating group) is 1. The maximum absolute atomic E-state index is 12.3. The number of benzene rings is 1. The van der Waals surface area contributed by atoms with Crippen molar-refractivity contribution in [3.8, 4) is 5.75 Å². The summed E-state index contributed by atoms with van der Waals surface area (Å²) in [6.07, 6.45) is 0.764. The summed E-state index contributed by atoms with van der Waals surface area (Å²) < 4.78 is 28.9. The van der Waals surface area contributed by atoms with Crippen molar-refractivity contribution in [1.82, 2.24) is 4.90 Å². The van der Waals surface area contributed by atoms with Gasteiger partial charge in [0.15, 0.2) is 0 Å². The van der Waals surface area contributed by atoms with Crippen LogP contribution in [0.2, 0.25) is 0 Å². The van der Waals surface area contributed by atoms with Gasteiger partial charge in [0.2, 0.25) is 0 Å². The molecule has 1 rings (SSSR count). The smallest absolute Gasteiger partial charge is 0.387 e. The van der Waals surface area contributed by atoms with E-state index in [0.29, 0.717) is 12.5 Å². The van der Waals surface area contributed by atoms with E-state index in [1.165, 1.54) is 30.1 Å². The van der Waals surface area contributed by atoms with Gasteiger partial charge in [0, 0.05) is 13.6 Å². The molecule has 5 nitrogen and oxygen atoms in total.